The lowest BCUT2D eigenvalue weighted by Gasteiger charge is -2.11. The molecule has 1 aromatic heterocycles. The number of ether oxygens (including phenoxy) is 1. The van der Waals surface area contributed by atoms with Crippen molar-refractivity contribution in [2.45, 2.75) is 19.3 Å². The molecule has 1 aromatic carbocycles. The van der Waals surface area contributed by atoms with E-state index in [-0.39, 0.29) is 11.4 Å². The van der Waals surface area contributed by atoms with Gasteiger partial charge in [0, 0.05) is 10.2 Å². The lowest BCUT2D eigenvalue weighted by atomic mass is 10.1. The van der Waals surface area contributed by atoms with Crippen molar-refractivity contribution in [3.63, 3.8) is 0 Å². The van der Waals surface area contributed by atoms with Crippen molar-refractivity contribution < 1.29 is 14.6 Å². The molecule has 0 saturated carbocycles. The Kier molecular flexibility index (Phi) is 3.99. The first-order valence-corrected chi connectivity index (χ1v) is 8.02. The summed E-state index contributed by atoms with van der Waals surface area (Å²) < 4.78 is 7.36. The fourth-order valence-corrected chi connectivity index (χ4v) is 3.47. The number of nitrogens with zero attached hydrogens (tertiary/aromatic N) is 1. The summed E-state index contributed by atoms with van der Waals surface area (Å²) in [5.74, 6) is -0.349. The second-order valence-electron chi connectivity index (χ2n) is 4.78. The predicted molar refractivity (Wildman–Crippen MR) is 85.1 cm³/mol. The summed E-state index contributed by atoms with van der Waals surface area (Å²) in [5.41, 5.74) is 2.04. The molecule has 0 radical (unpaired) electrons. The molecule has 4 nitrogen and oxygen atoms in total. The Labute approximate surface area is 138 Å². The van der Waals surface area contributed by atoms with E-state index in [4.69, 9.17) is 4.74 Å². The third-order valence-electron chi connectivity index (χ3n) is 3.35. The van der Waals surface area contributed by atoms with Gasteiger partial charge in [0.1, 0.15) is 11.3 Å². The number of hydrogen-bond donors (Lipinski definition) is 1. The Bertz CT molecular complexity index is 731. The maximum atomic E-state index is 11.4. The summed E-state index contributed by atoms with van der Waals surface area (Å²) in [6, 6.07) is 7.10. The zero-order valence-corrected chi connectivity index (χ0v) is 14.1. The number of aromatic nitrogens is 1. The van der Waals surface area contributed by atoms with Gasteiger partial charge in [-0.05, 0) is 65.0 Å². The van der Waals surface area contributed by atoms with Crippen LogP contribution < -0.4 is 4.74 Å². The number of fused-ring (bicyclic) bond motifs is 1. The largest absolute Gasteiger partial charge is 0.477 e. The van der Waals surface area contributed by atoms with E-state index >= 15 is 0 Å². The van der Waals surface area contributed by atoms with Gasteiger partial charge in [0.05, 0.1) is 4.47 Å². The van der Waals surface area contributed by atoms with Crippen LogP contribution in [0.4, 0.5) is 0 Å². The summed E-state index contributed by atoms with van der Waals surface area (Å²) >= 11 is 6.76. The van der Waals surface area contributed by atoms with Gasteiger partial charge in [0.15, 0.2) is 0 Å². The lowest BCUT2D eigenvalue weighted by Crippen LogP contribution is -2.05. The molecule has 1 aliphatic rings. The Morgan fingerprint density at radius 3 is 2.76 bits per heavy atom. The molecule has 0 unspecified atom stereocenters. The highest BCUT2D eigenvalue weighted by atomic mass is 79.9. The number of aryl methyl sites for hydroxylation is 2. The van der Waals surface area contributed by atoms with Gasteiger partial charge < -0.3 is 9.84 Å². The highest BCUT2D eigenvalue weighted by molar-refractivity contribution is 9.11. The van der Waals surface area contributed by atoms with Crippen LogP contribution >= 0.6 is 31.9 Å². The molecule has 21 heavy (non-hydrogen) atoms. The van der Waals surface area contributed by atoms with Crippen molar-refractivity contribution in [2.24, 2.45) is 0 Å². The predicted octanol–water partition coefficient (Wildman–Crippen LogP) is 4.59. The summed E-state index contributed by atoms with van der Waals surface area (Å²) in [6.45, 7) is 0. The molecule has 0 atom stereocenters. The monoisotopic (exact) mass is 411 g/mol. The van der Waals surface area contributed by atoms with Gasteiger partial charge in [-0.2, -0.15) is 0 Å². The Hall–Kier alpha value is -1.40. The van der Waals surface area contributed by atoms with Gasteiger partial charge in [-0.3, -0.25) is 0 Å². The summed E-state index contributed by atoms with van der Waals surface area (Å²) in [5, 5.41) is 9.35. The standard InChI is InChI=1S/C15H11Br2NO3/c16-9-4-5-13(11(17)7-9)21-14-10(15(19)20)6-8-2-1-3-12(8)18-14/h4-7H,1-3H2,(H,19,20). The fraction of sp³-hybridized carbons (Fsp3) is 0.200. The molecule has 0 fully saturated rings. The molecule has 0 saturated heterocycles. The Morgan fingerprint density at radius 2 is 2.05 bits per heavy atom. The number of halogens is 2. The number of hydrogen-bond acceptors (Lipinski definition) is 3. The number of carbonyl (C=O) groups is 1. The minimum atomic E-state index is -1.03. The molecule has 1 aliphatic carbocycles. The second kappa shape index (κ2) is 5.77. The average Bonchev–Trinajstić information content (AvgIpc) is 2.88. The quantitative estimate of drug-likeness (QED) is 0.801. The molecular formula is C15H11Br2NO3. The van der Waals surface area contributed by atoms with Gasteiger partial charge in [0.2, 0.25) is 5.88 Å². The molecule has 3 rings (SSSR count). The van der Waals surface area contributed by atoms with E-state index in [9.17, 15) is 9.90 Å². The first-order valence-electron chi connectivity index (χ1n) is 6.43. The molecule has 0 spiro atoms. The maximum Gasteiger partial charge on any atom is 0.341 e. The highest BCUT2D eigenvalue weighted by Crippen LogP contribution is 2.34. The Balaban J connectivity index is 2.03. The van der Waals surface area contributed by atoms with Crippen molar-refractivity contribution in [1.82, 2.24) is 4.98 Å². The molecule has 6 heteroatoms. The van der Waals surface area contributed by atoms with Crippen molar-refractivity contribution in [2.75, 3.05) is 0 Å². The molecule has 0 amide bonds. The van der Waals surface area contributed by atoms with E-state index in [1.54, 1.807) is 12.1 Å². The average molecular weight is 413 g/mol. The van der Waals surface area contributed by atoms with Crippen molar-refractivity contribution in [3.8, 4) is 11.6 Å². The summed E-state index contributed by atoms with van der Waals surface area (Å²) in [7, 11) is 0. The third kappa shape index (κ3) is 2.96. The van der Waals surface area contributed by atoms with E-state index in [1.165, 1.54) is 0 Å². The number of carboxylic acid groups (broad SMARTS) is 1. The van der Waals surface area contributed by atoms with Crippen LogP contribution in [0.2, 0.25) is 0 Å². The van der Waals surface area contributed by atoms with Gasteiger partial charge in [-0.25, -0.2) is 9.78 Å². The topological polar surface area (TPSA) is 59.4 Å². The van der Waals surface area contributed by atoms with Crippen LogP contribution in [-0.2, 0) is 12.8 Å². The highest BCUT2D eigenvalue weighted by Gasteiger charge is 2.21. The van der Waals surface area contributed by atoms with Gasteiger partial charge >= 0.3 is 5.97 Å². The summed E-state index contributed by atoms with van der Waals surface area (Å²) in [4.78, 5) is 15.8. The van der Waals surface area contributed by atoms with Crippen LogP contribution in [0.5, 0.6) is 11.6 Å². The van der Waals surface area contributed by atoms with Crippen LogP contribution in [0, 0.1) is 0 Å². The van der Waals surface area contributed by atoms with Crippen LogP contribution in [0.25, 0.3) is 0 Å². The molecular weight excluding hydrogens is 402 g/mol. The third-order valence-corrected chi connectivity index (χ3v) is 4.46. The van der Waals surface area contributed by atoms with Crippen molar-refractivity contribution >= 4 is 37.8 Å². The van der Waals surface area contributed by atoms with E-state index in [0.29, 0.717) is 5.75 Å². The van der Waals surface area contributed by atoms with Gasteiger partial charge in [-0.1, -0.05) is 15.9 Å². The lowest BCUT2D eigenvalue weighted by molar-refractivity contribution is 0.0693. The summed E-state index contributed by atoms with van der Waals surface area (Å²) in [6.07, 6.45) is 2.75. The zero-order valence-electron chi connectivity index (χ0n) is 10.9. The van der Waals surface area contributed by atoms with Gasteiger partial charge in [0.25, 0.3) is 0 Å². The first-order chi connectivity index (χ1) is 10.0. The number of carboxylic acids is 1. The van der Waals surface area contributed by atoms with Crippen LogP contribution in [0.3, 0.4) is 0 Å². The maximum absolute atomic E-state index is 11.4. The number of aromatic carboxylic acids is 1. The first kappa shape index (κ1) is 14.5. The second-order valence-corrected chi connectivity index (χ2v) is 6.55. The smallest absolute Gasteiger partial charge is 0.341 e. The molecule has 0 bridgehead atoms. The van der Waals surface area contributed by atoms with Gasteiger partial charge in [-0.15, -0.1) is 0 Å². The van der Waals surface area contributed by atoms with E-state index in [0.717, 1.165) is 39.5 Å². The molecule has 0 aliphatic heterocycles. The fourth-order valence-electron chi connectivity index (χ4n) is 2.35. The molecule has 108 valence electrons. The van der Waals surface area contributed by atoms with Crippen LogP contribution in [0.1, 0.15) is 28.0 Å². The van der Waals surface area contributed by atoms with E-state index < -0.39 is 5.97 Å². The Morgan fingerprint density at radius 1 is 1.24 bits per heavy atom. The number of rotatable bonds is 3. The van der Waals surface area contributed by atoms with E-state index in [2.05, 4.69) is 36.8 Å². The van der Waals surface area contributed by atoms with Crippen LogP contribution in [0.15, 0.2) is 33.2 Å². The number of benzene rings is 1. The molecule has 2 aromatic rings. The molecule has 1 heterocycles. The van der Waals surface area contributed by atoms with Crippen molar-refractivity contribution in [3.05, 3.63) is 50.0 Å². The van der Waals surface area contributed by atoms with E-state index in [1.807, 2.05) is 12.1 Å². The zero-order chi connectivity index (χ0) is 15.0. The normalized spacial score (nSPS) is 13.0. The molecule has 1 N–H and O–H groups in total. The van der Waals surface area contributed by atoms with Crippen LogP contribution in [-0.4, -0.2) is 16.1 Å². The minimum absolute atomic E-state index is 0.102. The SMILES string of the molecule is O=C(O)c1cc2c(nc1Oc1ccc(Br)cc1Br)CCC2. The number of pyridine rings is 1. The minimum Gasteiger partial charge on any atom is -0.477 e. The van der Waals surface area contributed by atoms with Crippen molar-refractivity contribution in [1.29, 1.82) is 0 Å².